The molecule has 0 aromatic heterocycles. The fourth-order valence-electron chi connectivity index (χ4n) is 3.06. The fraction of sp³-hybridized carbons (Fsp3) is 0.300. The van der Waals surface area contributed by atoms with E-state index in [0.29, 0.717) is 26.2 Å². The number of hydrogen-bond donors (Lipinski definition) is 1. The standard InChI is InChI=1S/C20H21ClFN3O4/c1-28-18-11-17(23)16(21)10-15(18)20(27)29-12-19(26)25-8-6-24(7-9-25)14-4-2-13(22)3-5-14/h2-5,10-11H,6-9,12,23H2,1H3. The number of amides is 1. The Morgan fingerprint density at radius 2 is 1.79 bits per heavy atom. The number of methoxy groups -OCH3 is 1. The number of piperazine rings is 1. The molecule has 0 unspecified atom stereocenters. The van der Waals surface area contributed by atoms with Crippen molar-refractivity contribution in [3.05, 3.63) is 52.8 Å². The largest absolute Gasteiger partial charge is 0.496 e. The Morgan fingerprint density at radius 3 is 2.41 bits per heavy atom. The van der Waals surface area contributed by atoms with Crippen LogP contribution >= 0.6 is 11.6 Å². The molecule has 3 rings (SSSR count). The van der Waals surface area contributed by atoms with Crippen molar-refractivity contribution in [3.63, 3.8) is 0 Å². The van der Waals surface area contributed by atoms with Gasteiger partial charge in [0.05, 0.1) is 17.8 Å². The maximum Gasteiger partial charge on any atom is 0.342 e. The third-order valence-electron chi connectivity index (χ3n) is 4.69. The molecule has 29 heavy (non-hydrogen) atoms. The van der Waals surface area contributed by atoms with Crippen molar-refractivity contribution in [1.82, 2.24) is 4.90 Å². The highest BCUT2D eigenvalue weighted by atomic mass is 35.5. The van der Waals surface area contributed by atoms with Crippen molar-refractivity contribution in [3.8, 4) is 5.75 Å². The SMILES string of the molecule is COc1cc(N)c(Cl)cc1C(=O)OCC(=O)N1CCN(c2ccc(F)cc2)CC1. The minimum Gasteiger partial charge on any atom is -0.496 e. The molecule has 0 saturated carbocycles. The maximum atomic E-state index is 13.0. The first kappa shape index (κ1) is 20.7. The Bertz CT molecular complexity index is 899. The molecule has 1 heterocycles. The molecule has 0 radical (unpaired) electrons. The summed E-state index contributed by atoms with van der Waals surface area (Å²) in [5, 5.41) is 0.195. The van der Waals surface area contributed by atoms with Gasteiger partial charge in [0, 0.05) is 37.9 Å². The summed E-state index contributed by atoms with van der Waals surface area (Å²) in [7, 11) is 1.39. The number of carbonyl (C=O) groups excluding carboxylic acids is 2. The number of esters is 1. The Morgan fingerprint density at radius 1 is 1.14 bits per heavy atom. The van der Waals surface area contributed by atoms with Gasteiger partial charge < -0.3 is 25.0 Å². The molecule has 2 aromatic carbocycles. The van der Waals surface area contributed by atoms with Gasteiger partial charge in [0.1, 0.15) is 17.1 Å². The number of nitrogens with zero attached hydrogens (tertiary/aromatic N) is 2. The van der Waals surface area contributed by atoms with Gasteiger partial charge in [-0.2, -0.15) is 0 Å². The van der Waals surface area contributed by atoms with Gasteiger partial charge in [-0.1, -0.05) is 11.6 Å². The van der Waals surface area contributed by atoms with Crippen molar-refractivity contribution < 1.29 is 23.5 Å². The summed E-state index contributed by atoms with van der Waals surface area (Å²) in [5.74, 6) is -1.08. The lowest BCUT2D eigenvalue weighted by atomic mass is 10.2. The van der Waals surface area contributed by atoms with Crippen molar-refractivity contribution >= 4 is 34.9 Å². The fourth-order valence-corrected chi connectivity index (χ4v) is 3.22. The van der Waals surface area contributed by atoms with E-state index in [9.17, 15) is 14.0 Å². The number of carbonyl (C=O) groups is 2. The van der Waals surface area contributed by atoms with Crippen molar-refractivity contribution in [2.45, 2.75) is 0 Å². The second kappa shape index (κ2) is 9.00. The maximum absolute atomic E-state index is 13.0. The molecule has 0 bridgehead atoms. The molecular formula is C20H21ClFN3O4. The summed E-state index contributed by atoms with van der Waals surface area (Å²) in [6.07, 6.45) is 0. The molecule has 7 nitrogen and oxygen atoms in total. The lowest BCUT2D eigenvalue weighted by molar-refractivity contribution is -0.134. The predicted molar refractivity (Wildman–Crippen MR) is 108 cm³/mol. The summed E-state index contributed by atoms with van der Waals surface area (Å²) >= 11 is 5.96. The van der Waals surface area contributed by atoms with Crippen LogP contribution < -0.4 is 15.4 Å². The van der Waals surface area contributed by atoms with E-state index in [2.05, 4.69) is 4.90 Å². The summed E-state index contributed by atoms with van der Waals surface area (Å²) in [6.45, 7) is 1.77. The number of benzene rings is 2. The van der Waals surface area contributed by atoms with Gasteiger partial charge in [0.25, 0.3) is 5.91 Å². The molecule has 2 N–H and O–H groups in total. The number of hydrogen-bond acceptors (Lipinski definition) is 6. The number of ether oxygens (including phenoxy) is 2. The predicted octanol–water partition coefficient (Wildman–Crippen LogP) is 2.58. The molecule has 154 valence electrons. The minimum atomic E-state index is -0.720. The highest BCUT2D eigenvalue weighted by Crippen LogP contribution is 2.29. The van der Waals surface area contributed by atoms with Crippen molar-refractivity contribution in [2.75, 3.05) is 50.5 Å². The molecule has 1 aliphatic rings. The topological polar surface area (TPSA) is 85.1 Å². The van der Waals surface area contributed by atoms with Crippen LogP contribution in [0, 0.1) is 5.82 Å². The minimum absolute atomic E-state index is 0.0978. The normalized spacial score (nSPS) is 13.9. The van der Waals surface area contributed by atoms with Crippen molar-refractivity contribution in [2.24, 2.45) is 0 Å². The molecule has 1 aliphatic heterocycles. The first-order chi connectivity index (χ1) is 13.9. The number of nitrogen functional groups attached to an aromatic ring is 1. The van der Waals surface area contributed by atoms with Crippen LogP contribution in [0.4, 0.5) is 15.8 Å². The van der Waals surface area contributed by atoms with E-state index in [4.69, 9.17) is 26.8 Å². The molecule has 1 fully saturated rings. The van der Waals surface area contributed by atoms with Crippen LogP contribution in [0.2, 0.25) is 5.02 Å². The molecule has 0 aliphatic carbocycles. The van der Waals surface area contributed by atoms with Gasteiger partial charge in [-0.15, -0.1) is 0 Å². The smallest absolute Gasteiger partial charge is 0.342 e. The summed E-state index contributed by atoms with van der Waals surface area (Å²) in [6, 6.07) is 9.01. The Hall–Kier alpha value is -3.00. The van der Waals surface area contributed by atoms with E-state index >= 15 is 0 Å². The second-order valence-corrected chi connectivity index (χ2v) is 6.90. The summed E-state index contributed by atoms with van der Waals surface area (Å²) in [4.78, 5) is 28.4. The molecule has 0 spiro atoms. The van der Waals surface area contributed by atoms with E-state index in [-0.39, 0.29) is 40.4 Å². The molecule has 9 heteroatoms. The van der Waals surface area contributed by atoms with Crippen LogP contribution in [0.5, 0.6) is 5.75 Å². The lowest BCUT2D eigenvalue weighted by Crippen LogP contribution is -2.49. The van der Waals surface area contributed by atoms with E-state index in [1.807, 2.05) is 0 Å². The zero-order valence-corrected chi connectivity index (χ0v) is 16.6. The molecule has 0 atom stereocenters. The van der Waals surface area contributed by atoms with Gasteiger partial charge in [-0.25, -0.2) is 9.18 Å². The van der Waals surface area contributed by atoms with E-state index in [0.717, 1.165) is 5.69 Å². The van der Waals surface area contributed by atoms with Crippen LogP contribution in [0.25, 0.3) is 0 Å². The highest BCUT2D eigenvalue weighted by molar-refractivity contribution is 6.33. The summed E-state index contributed by atoms with van der Waals surface area (Å²) < 4.78 is 23.3. The van der Waals surface area contributed by atoms with E-state index in [1.165, 1.54) is 31.4 Å². The van der Waals surface area contributed by atoms with Crippen LogP contribution in [0.3, 0.4) is 0 Å². The van der Waals surface area contributed by atoms with Gasteiger partial charge in [0.15, 0.2) is 6.61 Å². The van der Waals surface area contributed by atoms with E-state index < -0.39 is 5.97 Å². The van der Waals surface area contributed by atoms with Crippen molar-refractivity contribution in [1.29, 1.82) is 0 Å². The summed E-state index contributed by atoms with van der Waals surface area (Å²) in [5.41, 5.74) is 6.97. The highest BCUT2D eigenvalue weighted by Gasteiger charge is 2.23. The molecule has 1 saturated heterocycles. The van der Waals surface area contributed by atoms with Crippen LogP contribution in [-0.4, -0.2) is 56.7 Å². The third kappa shape index (κ3) is 4.89. The molecular weight excluding hydrogens is 401 g/mol. The number of halogens is 2. The first-order valence-corrected chi connectivity index (χ1v) is 9.35. The Labute approximate surface area is 172 Å². The first-order valence-electron chi connectivity index (χ1n) is 8.97. The van der Waals surface area contributed by atoms with Gasteiger partial charge in [-0.3, -0.25) is 4.79 Å². The Balaban J connectivity index is 1.53. The molecule has 2 aromatic rings. The number of anilines is 2. The van der Waals surface area contributed by atoms with Gasteiger partial charge >= 0.3 is 5.97 Å². The zero-order valence-electron chi connectivity index (χ0n) is 15.9. The molecule has 1 amide bonds. The Kier molecular flexibility index (Phi) is 6.43. The number of rotatable bonds is 5. The van der Waals surface area contributed by atoms with E-state index in [1.54, 1.807) is 17.0 Å². The zero-order chi connectivity index (χ0) is 21.0. The third-order valence-corrected chi connectivity index (χ3v) is 5.02. The van der Waals surface area contributed by atoms with Crippen LogP contribution in [-0.2, 0) is 9.53 Å². The monoisotopic (exact) mass is 421 g/mol. The lowest BCUT2D eigenvalue weighted by Gasteiger charge is -2.36. The average Bonchev–Trinajstić information content (AvgIpc) is 2.74. The quantitative estimate of drug-likeness (QED) is 0.590. The van der Waals surface area contributed by atoms with Crippen LogP contribution in [0.15, 0.2) is 36.4 Å². The van der Waals surface area contributed by atoms with Crippen LogP contribution in [0.1, 0.15) is 10.4 Å². The van der Waals surface area contributed by atoms with Gasteiger partial charge in [-0.05, 0) is 30.3 Å². The average molecular weight is 422 g/mol. The number of nitrogens with two attached hydrogens (primary N) is 1. The van der Waals surface area contributed by atoms with Gasteiger partial charge in [0.2, 0.25) is 0 Å². The second-order valence-electron chi connectivity index (χ2n) is 6.49.